The highest BCUT2D eigenvalue weighted by atomic mass is 35.5. The Bertz CT molecular complexity index is 646. The molecule has 0 amide bonds. The van der Waals surface area contributed by atoms with Gasteiger partial charge in [-0.05, 0) is 44.4 Å². The molecule has 0 spiro atoms. The van der Waals surface area contributed by atoms with Crippen molar-refractivity contribution in [3.63, 3.8) is 0 Å². The van der Waals surface area contributed by atoms with Crippen LogP contribution in [0.3, 0.4) is 0 Å². The van der Waals surface area contributed by atoms with Gasteiger partial charge in [0.25, 0.3) is 0 Å². The molecule has 0 saturated carbocycles. The first-order valence-electron chi connectivity index (χ1n) is 7.54. The maximum atomic E-state index is 6.23. The third-order valence-corrected chi connectivity index (χ3v) is 4.59. The summed E-state index contributed by atoms with van der Waals surface area (Å²) in [6, 6.07) is 8.29. The van der Waals surface area contributed by atoms with E-state index in [9.17, 15) is 0 Å². The van der Waals surface area contributed by atoms with Crippen LogP contribution < -0.4 is 5.32 Å². The number of benzene rings is 1. The number of nitrogens with zero attached hydrogens (tertiary/aromatic N) is 1. The van der Waals surface area contributed by atoms with Crippen LogP contribution in [0.15, 0.2) is 30.5 Å². The molecule has 0 bridgehead atoms. The minimum absolute atomic E-state index is 0.0300. The van der Waals surface area contributed by atoms with Crippen molar-refractivity contribution in [1.82, 2.24) is 4.98 Å². The lowest BCUT2D eigenvalue weighted by atomic mass is 9.89. The number of anilines is 1. The predicted octanol–water partition coefficient (Wildman–Crippen LogP) is 4.65. The molecule has 4 heteroatoms. The Morgan fingerprint density at radius 1 is 1.48 bits per heavy atom. The van der Waals surface area contributed by atoms with Crippen LogP contribution in [-0.2, 0) is 4.74 Å². The molecule has 3 rings (SSSR count). The lowest BCUT2D eigenvalue weighted by Gasteiger charge is -2.38. The summed E-state index contributed by atoms with van der Waals surface area (Å²) in [7, 11) is 0. The van der Waals surface area contributed by atoms with E-state index in [0.717, 1.165) is 47.5 Å². The summed E-state index contributed by atoms with van der Waals surface area (Å²) in [6.07, 6.45) is 4.86. The zero-order valence-corrected chi connectivity index (χ0v) is 13.3. The summed E-state index contributed by atoms with van der Waals surface area (Å²) in [5.41, 5.74) is 1.97. The summed E-state index contributed by atoms with van der Waals surface area (Å²) >= 11 is 6.23. The number of halogens is 1. The Morgan fingerprint density at radius 2 is 2.33 bits per heavy atom. The molecule has 1 aromatic carbocycles. The van der Waals surface area contributed by atoms with Gasteiger partial charge in [-0.3, -0.25) is 4.98 Å². The molecular formula is C17H21ClN2O. The molecule has 2 unspecified atom stereocenters. The third kappa shape index (κ3) is 3.14. The van der Waals surface area contributed by atoms with Gasteiger partial charge in [0.2, 0.25) is 0 Å². The molecule has 0 radical (unpaired) electrons. The third-order valence-electron chi connectivity index (χ3n) is 4.37. The van der Waals surface area contributed by atoms with Crippen LogP contribution in [0.25, 0.3) is 10.9 Å². The van der Waals surface area contributed by atoms with Gasteiger partial charge in [-0.1, -0.05) is 24.6 Å². The van der Waals surface area contributed by atoms with Gasteiger partial charge in [0.1, 0.15) is 0 Å². The van der Waals surface area contributed by atoms with Gasteiger partial charge in [-0.15, -0.1) is 0 Å². The highest BCUT2D eigenvalue weighted by Gasteiger charge is 2.31. The van der Waals surface area contributed by atoms with Crippen molar-refractivity contribution in [3.05, 3.63) is 35.5 Å². The van der Waals surface area contributed by atoms with E-state index in [4.69, 9.17) is 16.3 Å². The first-order valence-corrected chi connectivity index (χ1v) is 7.92. The molecular weight excluding hydrogens is 284 g/mol. The van der Waals surface area contributed by atoms with Crippen molar-refractivity contribution < 1.29 is 4.74 Å². The number of pyridine rings is 1. The smallest absolute Gasteiger partial charge is 0.0934 e. The fraction of sp³-hybridized carbons (Fsp3) is 0.471. The van der Waals surface area contributed by atoms with Crippen LogP contribution in [-0.4, -0.2) is 23.2 Å². The van der Waals surface area contributed by atoms with Gasteiger partial charge in [0, 0.05) is 29.3 Å². The number of hydrogen-bond acceptors (Lipinski definition) is 3. The maximum Gasteiger partial charge on any atom is 0.0934 e. The van der Waals surface area contributed by atoms with E-state index >= 15 is 0 Å². The second kappa shape index (κ2) is 5.82. The van der Waals surface area contributed by atoms with Gasteiger partial charge < -0.3 is 10.1 Å². The molecule has 2 heterocycles. The van der Waals surface area contributed by atoms with Gasteiger partial charge in [-0.2, -0.15) is 0 Å². The first-order chi connectivity index (χ1) is 10.1. The van der Waals surface area contributed by atoms with Gasteiger partial charge in [0.05, 0.1) is 16.8 Å². The van der Waals surface area contributed by atoms with Crippen molar-refractivity contribution in [2.24, 2.45) is 0 Å². The van der Waals surface area contributed by atoms with E-state index in [1.54, 1.807) is 0 Å². The largest absolute Gasteiger partial charge is 0.380 e. The van der Waals surface area contributed by atoms with Crippen LogP contribution in [0.5, 0.6) is 0 Å². The van der Waals surface area contributed by atoms with Crippen molar-refractivity contribution in [2.45, 2.75) is 44.8 Å². The van der Waals surface area contributed by atoms with E-state index in [2.05, 4.69) is 24.1 Å². The molecule has 2 atom stereocenters. The normalized spacial score (nSPS) is 26.0. The minimum Gasteiger partial charge on any atom is -0.380 e. The molecule has 1 saturated heterocycles. The van der Waals surface area contributed by atoms with Gasteiger partial charge in [0.15, 0.2) is 0 Å². The van der Waals surface area contributed by atoms with E-state index in [0.29, 0.717) is 6.04 Å². The van der Waals surface area contributed by atoms with Crippen molar-refractivity contribution in [1.29, 1.82) is 0 Å². The number of aromatic nitrogens is 1. The molecule has 1 aliphatic heterocycles. The SMILES string of the molecule is CCC1(C)CC(Nc2cc(Cl)cc3cccnc23)CCO1. The van der Waals surface area contributed by atoms with Gasteiger partial charge in [-0.25, -0.2) is 0 Å². The number of ether oxygens (including phenoxy) is 1. The number of rotatable bonds is 3. The molecule has 112 valence electrons. The van der Waals surface area contributed by atoms with E-state index < -0.39 is 0 Å². The summed E-state index contributed by atoms with van der Waals surface area (Å²) in [6.45, 7) is 5.17. The predicted molar refractivity (Wildman–Crippen MR) is 88.0 cm³/mol. The summed E-state index contributed by atoms with van der Waals surface area (Å²) in [5, 5.41) is 5.43. The highest BCUT2D eigenvalue weighted by molar-refractivity contribution is 6.31. The van der Waals surface area contributed by atoms with E-state index in [1.807, 2.05) is 30.5 Å². The van der Waals surface area contributed by atoms with E-state index in [-0.39, 0.29) is 5.60 Å². The molecule has 1 N–H and O–H groups in total. The maximum absolute atomic E-state index is 6.23. The molecule has 1 aliphatic rings. The molecule has 2 aromatic rings. The number of hydrogen-bond donors (Lipinski definition) is 1. The fourth-order valence-electron chi connectivity index (χ4n) is 2.99. The Kier molecular flexibility index (Phi) is 4.05. The fourth-order valence-corrected chi connectivity index (χ4v) is 3.21. The Hall–Kier alpha value is -1.32. The number of fused-ring (bicyclic) bond motifs is 1. The zero-order valence-electron chi connectivity index (χ0n) is 12.5. The molecule has 3 nitrogen and oxygen atoms in total. The molecule has 0 aliphatic carbocycles. The molecule has 21 heavy (non-hydrogen) atoms. The van der Waals surface area contributed by atoms with Crippen LogP contribution in [0.4, 0.5) is 5.69 Å². The number of nitrogens with one attached hydrogen (secondary N) is 1. The second-order valence-electron chi connectivity index (χ2n) is 6.01. The quantitative estimate of drug-likeness (QED) is 0.896. The Balaban J connectivity index is 1.88. The lowest BCUT2D eigenvalue weighted by molar-refractivity contribution is -0.0708. The first kappa shape index (κ1) is 14.6. The molecule has 1 fully saturated rings. The second-order valence-corrected chi connectivity index (χ2v) is 6.45. The van der Waals surface area contributed by atoms with E-state index in [1.165, 1.54) is 0 Å². The zero-order chi connectivity index (χ0) is 14.9. The Morgan fingerprint density at radius 3 is 3.14 bits per heavy atom. The topological polar surface area (TPSA) is 34.2 Å². The van der Waals surface area contributed by atoms with Crippen molar-refractivity contribution in [3.8, 4) is 0 Å². The summed E-state index contributed by atoms with van der Waals surface area (Å²) < 4.78 is 5.91. The van der Waals surface area contributed by atoms with Crippen molar-refractivity contribution >= 4 is 28.2 Å². The Labute approximate surface area is 130 Å². The minimum atomic E-state index is -0.0300. The van der Waals surface area contributed by atoms with Crippen LogP contribution in [0.1, 0.15) is 33.1 Å². The monoisotopic (exact) mass is 304 g/mol. The average molecular weight is 305 g/mol. The summed E-state index contributed by atoms with van der Waals surface area (Å²) in [5.74, 6) is 0. The van der Waals surface area contributed by atoms with Crippen LogP contribution in [0.2, 0.25) is 5.02 Å². The van der Waals surface area contributed by atoms with Crippen LogP contribution >= 0.6 is 11.6 Å². The summed E-state index contributed by atoms with van der Waals surface area (Å²) in [4.78, 5) is 4.49. The standard InChI is InChI=1S/C17H21ClN2O/c1-3-17(2)11-14(6-8-21-17)20-15-10-13(18)9-12-5-4-7-19-16(12)15/h4-5,7,9-10,14,20H,3,6,8,11H2,1-2H3. The van der Waals surface area contributed by atoms with Crippen LogP contribution in [0, 0.1) is 0 Å². The highest BCUT2D eigenvalue weighted by Crippen LogP contribution is 2.32. The van der Waals surface area contributed by atoms with Gasteiger partial charge >= 0.3 is 0 Å². The molecule has 1 aromatic heterocycles. The van der Waals surface area contributed by atoms with Crippen molar-refractivity contribution in [2.75, 3.05) is 11.9 Å². The lowest BCUT2D eigenvalue weighted by Crippen LogP contribution is -2.41. The average Bonchev–Trinajstić information content (AvgIpc) is 2.47.